The highest BCUT2D eigenvalue weighted by Gasteiger charge is 2.27. The van der Waals surface area contributed by atoms with E-state index in [1.54, 1.807) is 26.0 Å². The average Bonchev–Trinajstić information content (AvgIpc) is 2.70. The van der Waals surface area contributed by atoms with Gasteiger partial charge in [-0.2, -0.15) is 0 Å². The van der Waals surface area contributed by atoms with Crippen LogP contribution in [-0.2, 0) is 14.3 Å². The molecule has 1 atom stereocenters. The Hall–Kier alpha value is -3.22. The molecule has 2 N–H and O–H groups in total. The topological polar surface area (TPSA) is 84.5 Å². The molecule has 2 aromatic rings. The second-order valence-electron chi connectivity index (χ2n) is 7.61. The molecule has 0 aliphatic heterocycles. The predicted molar refractivity (Wildman–Crippen MR) is 113 cm³/mol. The fourth-order valence-corrected chi connectivity index (χ4v) is 2.74. The van der Waals surface area contributed by atoms with Gasteiger partial charge in [-0.25, -0.2) is 9.18 Å². The minimum Gasteiger partial charge on any atom is -0.454 e. The van der Waals surface area contributed by atoms with Crippen LogP contribution in [-0.4, -0.2) is 30.4 Å². The minimum atomic E-state index is -1.02. The Kier molecular flexibility index (Phi) is 8.09. The zero-order valence-corrected chi connectivity index (χ0v) is 17.6. The zero-order chi connectivity index (χ0) is 22.3. The maximum Gasteiger partial charge on any atom is 0.329 e. The van der Waals surface area contributed by atoms with Crippen molar-refractivity contribution in [1.29, 1.82) is 0 Å². The molecular weight excluding hydrogens is 387 g/mol. The molecule has 0 spiro atoms. The van der Waals surface area contributed by atoms with Crippen molar-refractivity contribution in [3.8, 4) is 0 Å². The van der Waals surface area contributed by atoms with Gasteiger partial charge >= 0.3 is 5.97 Å². The van der Waals surface area contributed by atoms with Gasteiger partial charge in [0.25, 0.3) is 11.8 Å². The van der Waals surface area contributed by atoms with Gasteiger partial charge in [0.15, 0.2) is 6.61 Å². The second-order valence-corrected chi connectivity index (χ2v) is 7.61. The van der Waals surface area contributed by atoms with Crippen LogP contribution in [0.2, 0.25) is 0 Å². The standard InChI is InChI=1S/C23H27FN2O4/c1-14(2)16-9-11-17(12-10-16)25-20(27)13-30-23(29)21(15(3)4)26-22(28)18-7-5-6-8-19(18)24/h5-12,14-15,21H,13H2,1-4H3,(H,25,27)(H,26,28)/t21-/m0/s1. The van der Waals surface area contributed by atoms with Crippen LogP contribution >= 0.6 is 0 Å². The van der Waals surface area contributed by atoms with Crippen LogP contribution in [0.5, 0.6) is 0 Å². The average molecular weight is 414 g/mol. The number of anilines is 1. The molecule has 0 aromatic heterocycles. The van der Waals surface area contributed by atoms with Gasteiger partial charge in [-0.3, -0.25) is 9.59 Å². The molecule has 0 heterocycles. The summed E-state index contributed by atoms with van der Waals surface area (Å²) >= 11 is 0. The normalized spacial score (nSPS) is 11.8. The largest absolute Gasteiger partial charge is 0.454 e. The molecule has 0 unspecified atom stereocenters. The zero-order valence-electron chi connectivity index (χ0n) is 17.6. The fourth-order valence-electron chi connectivity index (χ4n) is 2.74. The quantitative estimate of drug-likeness (QED) is 0.642. The van der Waals surface area contributed by atoms with Crippen LogP contribution in [0.3, 0.4) is 0 Å². The molecule has 0 aliphatic carbocycles. The summed E-state index contributed by atoms with van der Waals surface area (Å²) in [5.74, 6) is -2.61. The van der Waals surface area contributed by atoms with Crippen LogP contribution in [0, 0.1) is 11.7 Å². The molecule has 0 radical (unpaired) electrons. The Labute approximate surface area is 175 Å². The minimum absolute atomic E-state index is 0.168. The van der Waals surface area contributed by atoms with E-state index in [4.69, 9.17) is 4.74 Å². The van der Waals surface area contributed by atoms with Crippen LogP contribution in [0.15, 0.2) is 48.5 Å². The van der Waals surface area contributed by atoms with E-state index >= 15 is 0 Å². The van der Waals surface area contributed by atoms with Crippen molar-refractivity contribution in [3.05, 3.63) is 65.5 Å². The highest BCUT2D eigenvalue weighted by Crippen LogP contribution is 2.17. The van der Waals surface area contributed by atoms with Crippen LogP contribution in [0.4, 0.5) is 10.1 Å². The van der Waals surface area contributed by atoms with Crippen LogP contribution < -0.4 is 10.6 Å². The number of ether oxygens (including phenoxy) is 1. The first-order valence-corrected chi connectivity index (χ1v) is 9.81. The van der Waals surface area contributed by atoms with Gasteiger partial charge in [0.1, 0.15) is 11.9 Å². The van der Waals surface area contributed by atoms with Gasteiger partial charge in [0.05, 0.1) is 5.56 Å². The number of carbonyl (C=O) groups is 3. The van der Waals surface area contributed by atoms with Crippen LogP contribution in [0.1, 0.15) is 49.5 Å². The lowest BCUT2D eigenvalue weighted by molar-refractivity contribution is -0.150. The summed E-state index contributed by atoms with van der Waals surface area (Å²) in [4.78, 5) is 36.8. The molecule has 160 valence electrons. The summed E-state index contributed by atoms with van der Waals surface area (Å²) in [6, 6.07) is 11.9. The number of nitrogens with one attached hydrogen (secondary N) is 2. The molecule has 0 aliphatic rings. The van der Waals surface area contributed by atoms with Crippen LogP contribution in [0.25, 0.3) is 0 Å². The molecule has 7 heteroatoms. The van der Waals surface area contributed by atoms with Gasteiger partial charge in [0, 0.05) is 5.69 Å². The van der Waals surface area contributed by atoms with Gasteiger partial charge < -0.3 is 15.4 Å². The van der Waals surface area contributed by atoms with E-state index in [2.05, 4.69) is 24.5 Å². The number of amides is 2. The summed E-state index contributed by atoms with van der Waals surface area (Å²) in [5.41, 5.74) is 1.57. The van der Waals surface area contributed by atoms with Crippen molar-refractivity contribution in [2.75, 3.05) is 11.9 Å². The molecule has 2 rings (SSSR count). The fraction of sp³-hybridized carbons (Fsp3) is 0.348. The molecule has 2 aromatic carbocycles. The Morgan fingerprint density at radius 3 is 2.17 bits per heavy atom. The summed E-state index contributed by atoms with van der Waals surface area (Å²) in [6.07, 6.45) is 0. The molecule has 0 saturated heterocycles. The first-order chi connectivity index (χ1) is 14.2. The summed E-state index contributed by atoms with van der Waals surface area (Å²) in [7, 11) is 0. The lowest BCUT2D eigenvalue weighted by Gasteiger charge is -2.21. The van der Waals surface area contributed by atoms with Crippen molar-refractivity contribution < 1.29 is 23.5 Å². The summed E-state index contributed by atoms with van der Waals surface area (Å²) in [6.45, 7) is 7.07. The van der Waals surface area contributed by atoms with E-state index in [0.29, 0.717) is 11.6 Å². The van der Waals surface area contributed by atoms with E-state index in [1.165, 1.54) is 18.2 Å². The Morgan fingerprint density at radius 2 is 1.60 bits per heavy atom. The van der Waals surface area contributed by atoms with Gasteiger partial charge in [0.2, 0.25) is 0 Å². The number of hydrogen-bond donors (Lipinski definition) is 2. The van der Waals surface area contributed by atoms with Gasteiger partial charge in [-0.15, -0.1) is 0 Å². The lowest BCUT2D eigenvalue weighted by atomic mass is 10.0. The third-order valence-corrected chi connectivity index (χ3v) is 4.53. The summed E-state index contributed by atoms with van der Waals surface area (Å²) in [5, 5.41) is 5.13. The van der Waals surface area contributed by atoms with Gasteiger partial charge in [-0.1, -0.05) is 52.0 Å². The monoisotopic (exact) mass is 414 g/mol. The lowest BCUT2D eigenvalue weighted by Crippen LogP contribution is -2.46. The summed E-state index contributed by atoms with van der Waals surface area (Å²) < 4.78 is 18.9. The third kappa shape index (κ3) is 6.40. The third-order valence-electron chi connectivity index (χ3n) is 4.53. The molecular formula is C23H27FN2O4. The first-order valence-electron chi connectivity index (χ1n) is 9.81. The molecule has 30 heavy (non-hydrogen) atoms. The number of esters is 1. The highest BCUT2D eigenvalue weighted by molar-refractivity contribution is 5.97. The van der Waals surface area contributed by atoms with Crippen molar-refractivity contribution in [1.82, 2.24) is 5.32 Å². The molecule has 6 nitrogen and oxygen atoms in total. The maximum absolute atomic E-state index is 13.8. The van der Waals surface area contributed by atoms with Gasteiger partial charge in [-0.05, 0) is 41.7 Å². The Balaban J connectivity index is 1.92. The van der Waals surface area contributed by atoms with E-state index < -0.39 is 36.2 Å². The number of hydrogen-bond acceptors (Lipinski definition) is 4. The Bertz CT molecular complexity index is 894. The number of halogens is 1. The van der Waals surface area contributed by atoms with E-state index in [1.807, 2.05) is 12.1 Å². The van der Waals surface area contributed by atoms with E-state index in [9.17, 15) is 18.8 Å². The molecule has 0 saturated carbocycles. The van der Waals surface area contributed by atoms with Crippen molar-refractivity contribution in [2.45, 2.75) is 39.7 Å². The molecule has 0 fully saturated rings. The smallest absolute Gasteiger partial charge is 0.329 e. The number of rotatable bonds is 8. The van der Waals surface area contributed by atoms with Crippen molar-refractivity contribution in [2.24, 2.45) is 5.92 Å². The van der Waals surface area contributed by atoms with Crippen molar-refractivity contribution in [3.63, 3.8) is 0 Å². The Morgan fingerprint density at radius 1 is 0.967 bits per heavy atom. The predicted octanol–water partition coefficient (Wildman–Crippen LogP) is 3.89. The van der Waals surface area contributed by atoms with Crippen molar-refractivity contribution >= 4 is 23.5 Å². The van der Waals surface area contributed by atoms with E-state index in [0.717, 1.165) is 11.6 Å². The highest BCUT2D eigenvalue weighted by atomic mass is 19.1. The molecule has 0 bridgehead atoms. The SMILES string of the molecule is CC(C)c1ccc(NC(=O)COC(=O)[C@@H](NC(=O)c2ccccc2F)C(C)C)cc1. The maximum atomic E-state index is 13.8. The van der Waals surface area contributed by atoms with E-state index in [-0.39, 0.29) is 11.5 Å². The first kappa shape index (κ1) is 23.1. The molecule has 2 amide bonds. The number of carbonyl (C=O) groups excluding carboxylic acids is 3. The second kappa shape index (κ2) is 10.5. The number of benzene rings is 2.